The summed E-state index contributed by atoms with van der Waals surface area (Å²) in [6.45, 7) is 7.31. The zero-order chi connectivity index (χ0) is 4.83. The maximum atomic E-state index is 4.63. The summed E-state index contributed by atoms with van der Waals surface area (Å²) in [6, 6.07) is 0. The van der Waals surface area contributed by atoms with Gasteiger partial charge in [0.1, 0.15) is 6.61 Å². The van der Waals surface area contributed by atoms with Gasteiger partial charge in [0, 0.05) is 0 Å². The lowest BCUT2D eigenvalue weighted by atomic mass is 10.7. The molecule has 0 aliphatic heterocycles. The molecule has 0 amide bonds. The third-order valence-corrected chi connectivity index (χ3v) is 0.332. The second-order valence-corrected chi connectivity index (χ2v) is 0.789. The van der Waals surface area contributed by atoms with Crippen LogP contribution in [0.2, 0.25) is 0 Å². The minimum Gasteiger partial charge on any atom is -0.498 e. The van der Waals surface area contributed by atoms with Gasteiger partial charge in [0.05, 0.1) is 6.26 Å². The maximum absolute atomic E-state index is 4.63. The van der Waals surface area contributed by atoms with E-state index in [9.17, 15) is 0 Å². The molecule has 0 heterocycles. The molecule has 0 aromatic carbocycles. The molecule has 7 heavy (non-hydrogen) atoms. The SMILES string of the molecule is C=CCOC=C.F. The lowest BCUT2D eigenvalue weighted by Crippen LogP contribution is -1.75. The van der Waals surface area contributed by atoms with Crippen molar-refractivity contribution in [1.29, 1.82) is 0 Å². The fourth-order valence-electron chi connectivity index (χ4n) is 0.136. The molecular weight excluding hydrogens is 95.1 g/mol. The number of hydrogen-bond acceptors (Lipinski definition) is 1. The quantitative estimate of drug-likeness (QED) is 0.299. The van der Waals surface area contributed by atoms with Gasteiger partial charge in [-0.05, 0) is 0 Å². The summed E-state index contributed by atoms with van der Waals surface area (Å²) < 4.78 is 4.63. The molecule has 0 unspecified atom stereocenters. The Morgan fingerprint density at radius 3 is 2.14 bits per heavy atom. The van der Waals surface area contributed by atoms with Crippen LogP contribution in [-0.2, 0) is 4.74 Å². The standard InChI is InChI=1S/C5H8O.FH/c1-3-5-6-4-2;/h3-4H,1-2,5H2;1H. The van der Waals surface area contributed by atoms with Crippen molar-refractivity contribution < 1.29 is 9.44 Å². The van der Waals surface area contributed by atoms with E-state index in [1.54, 1.807) is 6.08 Å². The summed E-state index contributed by atoms with van der Waals surface area (Å²) in [6.07, 6.45) is 3.06. The summed E-state index contributed by atoms with van der Waals surface area (Å²) in [5, 5.41) is 0. The second-order valence-electron chi connectivity index (χ2n) is 0.789. The fourth-order valence-corrected chi connectivity index (χ4v) is 0.136. The fraction of sp³-hybridized carbons (Fsp3) is 0.200. The maximum Gasteiger partial charge on any atom is 0.105 e. The first kappa shape index (κ1) is 9.51. The van der Waals surface area contributed by atoms with Crippen molar-refractivity contribution in [2.45, 2.75) is 0 Å². The molecule has 42 valence electrons. The molecule has 0 spiro atoms. The highest BCUT2D eigenvalue weighted by molar-refractivity contribution is 4.65. The van der Waals surface area contributed by atoms with Crippen LogP contribution in [0.5, 0.6) is 0 Å². The molecular formula is C5H9FO. The molecule has 0 radical (unpaired) electrons. The number of hydrogen-bond donors (Lipinski definition) is 0. The van der Waals surface area contributed by atoms with Gasteiger partial charge in [0.25, 0.3) is 0 Å². The van der Waals surface area contributed by atoms with Crippen LogP contribution < -0.4 is 0 Å². The predicted molar refractivity (Wildman–Crippen MR) is 28.8 cm³/mol. The highest BCUT2D eigenvalue weighted by Crippen LogP contribution is 1.69. The van der Waals surface area contributed by atoms with E-state index in [-0.39, 0.29) is 4.70 Å². The number of halogens is 1. The summed E-state index contributed by atoms with van der Waals surface area (Å²) >= 11 is 0. The third-order valence-electron chi connectivity index (χ3n) is 0.332. The molecule has 0 rings (SSSR count). The molecule has 0 aliphatic carbocycles. The van der Waals surface area contributed by atoms with Crippen molar-refractivity contribution in [2.24, 2.45) is 0 Å². The Kier molecular flexibility index (Phi) is 12.2. The van der Waals surface area contributed by atoms with E-state index in [1.807, 2.05) is 0 Å². The summed E-state index contributed by atoms with van der Waals surface area (Å²) in [7, 11) is 0. The largest absolute Gasteiger partial charge is 0.498 e. The lowest BCUT2D eigenvalue weighted by molar-refractivity contribution is 0.291. The van der Waals surface area contributed by atoms with E-state index < -0.39 is 0 Å². The molecule has 0 atom stereocenters. The highest BCUT2D eigenvalue weighted by atomic mass is 19.0. The predicted octanol–water partition coefficient (Wildman–Crippen LogP) is 1.48. The Morgan fingerprint density at radius 1 is 1.43 bits per heavy atom. The summed E-state index contributed by atoms with van der Waals surface area (Å²) in [4.78, 5) is 0. The zero-order valence-corrected chi connectivity index (χ0v) is 4.09. The molecule has 2 heteroatoms. The molecule has 0 N–H and O–H groups in total. The van der Waals surface area contributed by atoms with Gasteiger partial charge < -0.3 is 4.74 Å². The van der Waals surface area contributed by atoms with Crippen molar-refractivity contribution in [3.63, 3.8) is 0 Å². The normalized spacial score (nSPS) is 5.71. The van der Waals surface area contributed by atoms with Gasteiger partial charge in [0.15, 0.2) is 0 Å². The van der Waals surface area contributed by atoms with E-state index in [2.05, 4.69) is 17.9 Å². The molecule has 0 bridgehead atoms. The zero-order valence-electron chi connectivity index (χ0n) is 4.09. The van der Waals surface area contributed by atoms with Crippen LogP contribution in [0, 0.1) is 0 Å². The Labute approximate surface area is 42.7 Å². The van der Waals surface area contributed by atoms with Crippen molar-refractivity contribution >= 4 is 0 Å². The Balaban J connectivity index is 0. The van der Waals surface area contributed by atoms with Crippen LogP contribution in [0.4, 0.5) is 4.70 Å². The van der Waals surface area contributed by atoms with E-state index in [4.69, 9.17) is 0 Å². The molecule has 0 saturated carbocycles. The first-order chi connectivity index (χ1) is 2.91. The molecule has 0 saturated heterocycles. The first-order valence-electron chi connectivity index (χ1n) is 1.75. The van der Waals surface area contributed by atoms with Crippen molar-refractivity contribution in [2.75, 3.05) is 6.61 Å². The van der Waals surface area contributed by atoms with Crippen molar-refractivity contribution in [1.82, 2.24) is 0 Å². The van der Waals surface area contributed by atoms with Crippen LogP contribution in [0.25, 0.3) is 0 Å². The number of ether oxygens (including phenoxy) is 1. The molecule has 0 fully saturated rings. The van der Waals surface area contributed by atoms with Gasteiger partial charge in [-0.15, -0.1) is 0 Å². The van der Waals surface area contributed by atoms with Gasteiger partial charge in [0.2, 0.25) is 0 Å². The van der Waals surface area contributed by atoms with Crippen LogP contribution in [0.3, 0.4) is 0 Å². The van der Waals surface area contributed by atoms with E-state index in [0.29, 0.717) is 6.61 Å². The van der Waals surface area contributed by atoms with E-state index in [1.165, 1.54) is 6.26 Å². The first-order valence-corrected chi connectivity index (χ1v) is 1.75. The highest BCUT2D eigenvalue weighted by Gasteiger charge is 1.61. The lowest BCUT2D eigenvalue weighted by Gasteiger charge is -1.86. The molecule has 0 aromatic rings. The minimum absolute atomic E-state index is 0. The van der Waals surface area contributed by atoms with Gasteiger partial charge in [-0.2, -0.15) is 0 Å². The smallest absolute Gasteiger partial charge is 0.105 e. The monoisotopic (exact) mass is 104 g/mol. The second kappa shape index (κ2) is 8.96. The van der Waals surface area contributed by atoms with Gasteiger partial charge in [-0.3, -0.25) is 4.70 Å². The van der Waals surface area contributed by atoms with Crippen LogP contribution in [0.1, 0.15) is 0 Å². The van der Waals surface area contributed by atoms with Gasteiger partial charge in [-0.1, -0.05) is 19.2 Å². The Morgan fingerprint density at radius 2 is 2.00 bits per heavy atom. The van der Waals surface area contributed by atoms with E-state index >= 15 is 0 Å². The molecule has 1 nitrogen and oxygen atoms in total. The van der Waals surface area contributed by atoms with Crippen molar-refractivity contribution in [3.05, 3.63) is 25.5 Å². The third kappa shape index (κ3) is 11.0. The summed E-state index contributed by atoms with van der Waals surface area (Å²) in [5.74, 6) is 0. The Bertz CT molecular complexity index is 44.0. The van der Waals surface area contributed by atoms with E-state index in [0.717, 1.165) is 0 Å². The van der Waals surface area contributed by atoms with Crippen LogP contribution in [-0.4, -0.2) is 6.61 Å². The van der Waals surface area contributed by atoms with Crippen LogP contribution in [0.15, 0.2) is 25.5 Å². The molecule has 0 aliphatic rings. The van der Waals surface area contributed by atoms with Crippen molar-refractivity contribution in [3.8, 4) is 0 Å². The van der Waals surface area contributed by atoms with Crippen LogP contribution >= 0.6 is 0 Å². The average molecular weight is 104 g/mol. The minimum atomic E-state index is 0. The Hall–Kier alpha value is -0.790. The average Bonchev–Trinajstić information content (AvgIpc) is 1.61. The molecule has 0 aromatic heterocycles. The van der Waals surface area contributed by atoms with Gasteiger partial charge >= 0.3 is 0 Å². The van der Waals surface area contributed by atoms with Gasteiger partial charge in [-0.25, -0.2) is 0 Å². The summed E-state index contributed by atoms with van der Waals surface area (Å²) in [5.41, 5.74) is 0. The topological polar surface area (TPSA) is 9.23 Å². The number of rotatable bonds is 3.